The minimum Gasteiger partial charge on any atom is -0.377 e. The van der Waals surface area contributed by atoms with E-state index in [4.69, 9.17) is 26.6 Å². The summed E-state index contributed by atoms with van der Waals surface area (Å²) < 4.78 is 32.9. The molecular formula is C15H37NO6Si2. The molecule has 0 amide bonds. The van der Waals surface area contributed by atoms with Crippen molar-refractivity contribution in [3.05, 3.63) is 0 Å². The van der Waals surface area contributed by atoms with Gasteiger partial charge in [-0.25, -0.2) is 0 Å². The average Bonchev–Trinajstić information content (AvgIpc) is 2.61. The van der Waals surface area contributed by atoms with E-state index in [0.717, 1.165) is 38.0 Å². The Balaban J connectivity index is 4.42. The van der Waals surface area contributed by atoms with Gasteiger partial charge in [0, 0.05) is 60.8 Å². The molecule has 0 aliphatic rings. The van der Waals surface area contributed by atoms with Gasteiger partial charge >= 0.3 is 17.6 Å². The van der Waals surface area contributed by atoms with Crippen molar-refractivity contribution in [3.63, 3.8) is 0 Å². The minimum absolute atomic E-state index is 0.470. The van der Waals surface area contributed by atoms with E-state index < -0.39 is 17.6 Å². The van der Waals surface area contributed by atoms with Gasteiger partial charge in [-0.05, 0) is 39.8 Å². The fourth-order valence-electron chi connectivity index (χ4n) is 2.74. The summed E-state index contributed by atoms with van der Waals surface area (Å²) in [5, 5.41) is 0. The van der Waals surface area contributed by atoms with Gasteiger partial charge in [0.05, 0.1) is 0 Å². The monoisotopic (exact) mass is 383 g/mol. The van der Waals surface area contributed by atoms with E-state index in [1.54, 1.807) is 42.7 Å². The van der Waals surface area contributed by atoms with Crippen molar-refractivity contribution in [2.45, 2.75) is 44.8 Å². The highest BCUT2D eigenvalue weighted by molar-refractivity contribution is 6.60. The topological polar surface area (TPSA) is 58.6 Å². The van der Waals surface area contributed by atoms with Gasteiger partial charge in [-0.15, -0.1) is 0 Å². The Morgan fingerprint density at radius 2 is 0.917 bits per heavy atom. The molecule has 0 aromatic rings. The molecule has 0 atom stereocenters. The quantitative estimate of drug-likeness (QED) is 0.402. The maximum atomic E-state index is 5.48. The third-order valence-electron chi connectivity index (χ3n) is 4.45. The van der Waals surface area contributed by atoms with Crippen molar-refractivity contribution in [1.82, 2.24) is 4.90 Å². The number of hydrogen-bond acceptors (Lipinski definition) is 7. The van der Waals surface area contributed by atoms with Crippen LogP contribution in [-0.4, -0.2) is 84.3 Å². The molecule has 0 fully saturated rings. The molecule has 0 heterocycles. The van der Waals surface area contributed by atoms with Crippen molar-refractivity contribution in [2.24, 2.45) is 0 Å². The van der Waals surface area contributed by atoms with Gasteiger partial charge in [0.1, 0.15) is 0 Å². The molecule has 9 heteroatoms. The average molecular weight is 384 g/mol. The van der Waals surface area contributed by atoms with Gasteiger partial charge < -0.3 is 31.5 Å². The summed E-state index contributed by atoms with van der Waals surface area (Å²) >= 11 is 0. The molecule has 0 rings (SSSR count). The fraction of sp³-hybridized carbons (Fsp3) is 1.00. The summed E-state index contributed by atoms with van der Waals surface area (Å²) in [6.45, 7) is 6.37. The minimum atomic E-state index is -2.48. The lowest BCUT2D eigenvalue weighted by Gasteiger charge is -2.30. The van der Waals surface area contributed by atoms with Crippen LogP contribution in [0.25, 0.3) is 0 Å². The van der Waals surface area contributed by atoms with Crippen LogP contribution in [0.3, 0.4) is 0 Å². The highest BCUT2D eigenvalue weighted by Crippen LogP contribution is 2.18. The zero-order chi connectivity index (χ0) is 18.6. The molecule has 0 N–H and O–H groups in total. The van der Waals surface area contributed by atoms with Crippen molar-refractivity contribution < 1.29 is 26.6 Å². The molecule has 0 saturated heterocycles. The van der Waals surface area contributed by atoms with E-state index in [1.807, 2.05) is 0 Å². The van der Waals surface area contributed by atoms with Crippen LogP contribution < -0.4 is 0 Å². The summed E-state index contributed by atoms with van der Waals surface area (Å²) in [7, 11) is 4.99. The van der Waals surface area contributed by atoms with Gasteiger partial charge in [0.2, 0.25) is 0 Å². The molecule has 24 heavy (non-hydrogen) atoms. The Kier molecular flexibility index (Phi) is 12.6. The summed E-state index contributed by atoms with van der Waals surface area (Å²) in [6.07, 6.45) is 1.95. The van der Waals surface area contributed by atoms with Crippen LogP contribution >= 0.6 is 0 Å². The maximum absolute atomic E-state index is 5.48. The summed E-state index contributed by atoms with van der Waals surface area (Å²) in [5.74, 6) is 0. The van der Waals surface area contributed by atoms with Crippen molar-refractivity contribution in [2.75, 3.05) is 55.7 Å². The maximum Gasteiger partial charge on any atom is 0.500 e. The molecule has 0 spiro atoms. The van der Waals surface area contributed by atoms with E-state index in [9.17, 15) is 0 Å². The first-order chi connectivity index (χ1) is 11.4. The smallest absolute Gasteiger partial charge is 0.377 e. The second-order valence-electron chi connectivity index (χ2n) is 5.93. The predicted octanol–water partition coefficient (Wildman–Crippen LogP) is 2.23. The van der Waals surface area contributed by atoms with E-state index in [1.165, 1.54) is 0 Å². The zero-order valence-corrected chi connectivity index (χ0v) is 18.7. The highest BCUT2D eigenvalue weighted by Gasteiger charge is 2.38. The second-order valence-corrected chi connectivity index (χ2v) is 12.1. The predicted molar refractivity (Wildman–Crippen MR) is 99.1 cm³/mol. The van der Waals surface area contributed by atoms with E-state index in [-0.39, 0.29) is 0 Å². The third kappa shape index (κ3) is 7.58. The molecule has 7 nitrogen and oxygen atoms in total. The van der Waals surface area contributed by atoms with Gasteiger partial charge in [-0.2, -0.15) is 0 Å². The molecule has 146 valence electrons. The van der Waals surface area contributed by atoms with Gasteiger partial charge in [0.15, 0.2) is 0 Å². The Morgan fingerprint density at radius 3 is 1.12 bits per heavy atom. The van der Waals surface area contributed by atoms with Crippen LogP contribution in [0.2, 0.25) is 12.1 Å². The van der Waals surface area contributed by atoms with Gasteiger partial charge in [-0.3, -0.25) is 0 Å². The van der Waals surface area contributed by atoms with Crippen LogP contribution in [0.5, 0.6) is 0 Å². The number of nitrogens with zero attached hydrogens (tertiary/aromatic N) is 1. The number of rotatable bonds is 15. The molecule has 0 aliphatic carbocycles. The molecule has 0 saturated carbocycles. The van der Waals surface area contributed by atoms with Gasteiger partial charge in [0.25, 0.3) is 0 Å². The zero-order valence-electron chi connectivity index (χ0n) is 16.7. The van der Waals surface area contributed by atoms with Crippen molar-refractivity contribution in [3.8, 4) is 0 Å². The standard InChI is InChI=1S/C15H37NO6Si2/c1-15(2)16(11-9-13-23(17-3,18-4)19-5)12-10-14-24(20-6,21-7)22-8/h15H,9-14H2,1-8H3. The van der Waals surface area contributed by atoms with Crippen LogP contribution in [-0.2, 0) is 26.6 Å². The van der Waals surface area contributed by atoms with Crippen LogP contribution in [0.1, 0.15) is 26.7 Å². The molecular weight excluding hydrogens is 346 g/mol. The Bertz CT molecular complexity index is 272. The lowest BCUT2D eigenvalue weighted by molar-refractivity contribution is 0.117. The first-order valence-electron chi connectivity index (χ1n) is 8.43. The van der Waals surface area contributed by atoms with Crippen LogP contribution in [0, 0.1) is 0 Å². The Hall–Kier alpha value is 0.154. The summed E-state index contributed by atoms with van der Waals surface area (Å²) in [6, 6.07) is 2.09. The second kappa shape index (κ2) is 12.5. The van der Waals surface area contributed by atoms with E-state index >= 15 is 0 Å². The normalized spacial score (nSPS) is 13.2. The first kappa shape index (κ1) is 24.2. The van der Waals surface area contributed by atoms with Crippen molar-refractivity contribution >= 4 is 17.6 Å². The molecule has 0 unspecified atom stereocenters. The van der Waals surface area contributed by atoms with E-state index in [2.05, 4.69) is 18.7 Å². The first-order valence-corrected chi connectivity index (χ1v) is 12.3. The lowest BCUT2D eigenvalue weighted by atomic mass is 10.2. The summed E-state index contributed by atoms with van der Waals surface area (Å²) in [5.41, 5.74) is 0. The molecule has 0 bridgehead atoms. The van der Waals surface area contributed by atoms with E-state index in [0.29, 0.717) is 6.04 Å². The largest absolute Gasteiger partial charge is 0.500 e. The SMILES string of the molecule is CO[Si](CCCN(CCC[Si](OC)(OC)OC)C(C)C)(OC)OC. The molecule has 0 aliphatic heterocycles. The third-order valence-corrected chi connectivity index (χ3v) is 10.1. The van der Waals surface area contributed by atoms with Crippen molar-refractivity contribution in [1.29, 1.82) is 0 Å². The Morgan fingerprint density at radius 1 is 0.625 bits per heavy atom. The number of hydrogen-bond donors (Lipinski definition) is 0. The molecule has 0 aromatic carbocycles. The lowest BCUT2D eigenvalue weighted by Crippen LogP contribution is -2.44. The summed E-state index contributed by atoms with van der Waals surface area (Å²) in [4.78, 5) is 2.44. The van der Waals surface area contributed by atoms with Crippen LogP contribution in [0.15, 0.2) is 0 Å². The van der Waals surface area contributed by atoms with Crippen LogP contribution in [0.4, 0.5) is 0 Å². The van der Waals surface area contributed by atoms with Gasteiger partial charge in [-0.1, -0.05) is 0 Å². The highest BCUT2D eigenvalue weighted by atomic mass is 28.4. The molecule has 0 aromatic heterocycles. The fourth-order valence-corrected chi connectivity index (χ4v) is 6.14. The molecule has 0 radical (unpaired) electrons. The Labute approximate surface area is 150 Å².